The topological polar surface area (TPSA) is 46.5 Å². The molecule has 84 valence electrons. The van der Waals surface area contributed by atoms with E-state index in [1.54, 1.807) is 0 Å². The molecule has 0 amide bonds. The minimum Gasteiger partial charge on any atom is -0.435 e. The van der Waals surface area contributed by atoms with E-state index in [2.05, 4.69) is 0 Å². The maximum absolute atomic E-state index is 11.4. The Kier molecular flexibility index (Phi) is 5.13. The van der Waals surface area contributed by atoms with E-state index in [0.717, 1.165) is 12.8 Å². The number of rotatable bonds is 4. The molecule has 0 saturated heterocycles. The minimum atomic E-state index is -1.02. The van der Waals surface area contributed by atoms with E-state index in [9.17, 15) is 9.90 Å². The largest absolute Gasteiger partial charge is 0.435 e. The van der Waals surface area contributed by atoms with Crippen LogP contribution in [0.1, 0.15) is 47.5 Å². The smallest absolute Gasteiger partial charge is 0.310 e. The van der Waals surface area contributed by atoms with Crippen molar-refractivity contribution in [3.05, 3.63) is 0 Å². The van der Waals surface area contributed by atoms with Gasteiger partial charge in [0.15, 0.2) is 0 Å². The van der Waals surface area contributed by atoms with Crippen LogP contribution in [0.2, 0.25) is 0 Å². The molecule has 0 spiro atoms. The predicted octanol–water partition coefficient (Wildman–Crippen LogP) is 2.33. The monoisotopic (exact) mass is 202 g/mol. The van der Waals surface area contributed by atoms with Crippen molar-refractivity contribution in [1.29, 1.82) is 0 Å². The summed E-state index contributed by atoms with van der Waals surface area (Å²) in [6.45, 7) is 9.32. The number of carbonyl (C=O) groups is 1. The van der Waals surface area contributed by atoms with Gasteiger partial charge in [0.1, 0.15) is 0 Å². The molecule has 0 aromatic carbocycles. The normalized spacial score (nSPS) is 16.1. The Morgan fingerprint density at radius 1 is 1.43 bits per heavy atom. The van der Waals surface area contributed by atoms with Crippen LogP contribution in [0.3, 0.4) is 0 Å². The highest BCUT2D eigenvalue weighted by atomic mass is 16.6. The van der Waals surface area contributed by atoms with E-state index >= 15 is 0 Å². The van der Waals surface area contributed by atoms with Gasteiger partial charge in [-0.3, -0.25) is 4.79 Å². The Morgan fingerprint density at radius 2 is 1.93 bits per heavy atom. The second kappa shape index (κ2) is 5.35. The Bertz CT molecular complexity index is 181. The first kappa shape index (κ1) is 13.4. The molecule has 2 atom stereocenters. The standard InChI is InChI=1S/C11H22O3/c1-6-7-8(2)9(12)14-10(13)11(3,4)5/h8,10,13H,6-7H2,1-5H3. The van der Waals surface area contributed by atoms with Gasteiger partial charge in [-0.1, -0.05) is 41.0 Å². The molecular weight excluding hydrogens is 180 g/mol. The quantitative estimate of drug-likeness (QED) is 0.562. The third kappa shape index (κ3) is 4.61. The van der Waals surface area contributed by atoms with Gasteiger partial charge in [0, 0.05) is 5.41 Å². The summed E-state index contributed by atoms with van der Waals surface area (Å²) in [5.74, 6) is -0.439. The van der Waals surface area contributed by atoms with Crippen molar-refractivity contribution in [3.63, 3.8) is 0 Å². The van der Waals surface area contributed by atoms with Crippen molar-refractivity contribution in [2.75, 3.05) is 0 Å². The van der Waals surface area contributed by atoms with Crippen LogP contribution in [0.5, 0.6) is 0 Å². The lowest BCUT2D eigenvalue weighted by Gasteiger charge is -2.26. The molecule has 0 saturated carbocycles. The third-order valence-corrected chi connectivity index (χ3v) is 2.09. The van der Waals surface area contributed by atoms with Crippen molar-refractivity contribution in [3.8, 4) is 0 Å². The van der Waals surface area contributed by atoms with Crippen molar-refractivity contribution in [2.24, 2.45) is 11.3 Å². The maximum atomic E-state index is 11.4. The Balaban J connectivity index is 4.06. The number of aliphatic hydroxyl groups excluding tert-OH is 1. The average Bonchev–Trinajstić information content (AvgIpc) is 2.02. The minimum absolute atomic E-state index is 0.128. The highest BCUT2D eigenvalue weighted by molar-refractivity contribution is 5.72. The highest BCUT2D eigenvalue weighted by Crippen LogP contribution is 2.21. The van der Waals surface area contributed by atoms with Gasteiger partial charge >= 0.3 is 5.97 Å². The first-order valence-electron chi connectivity index (χ1n) is 5.17. The van der Waals surface area contributed by atoms with Gasteiger partial charge in [-0.2, -0.15) is 0 Å². The van der Waals surface area contributed by atoms with E-state index in [-0.39, 0.29) is 11.9 Å². The molecule has 0 aliphatic heterocycles. The number of carbonyl (C=O) groups excluding carboxylic acids is 1. The van der Waals surface area contributed by atoms with E-state index < -0.39 is 11.7 Å². The number of aliphatic hydroxyl groups is 1. The van der Waals surface area contributed by atoms with Crippen molar-refractivity contribution in [1.82, 2.24) is 0 Å². The van der Waals surface area contributed by atoms with Crippen LogP contribution in [0.15, 0.2) is 0 Å². The van der Waals surface area contributed by atoms with Crippen LogP contribution in [0, 0.1) is 11.3 Å². The van der Waals surface area contributed by atoms with E-state index in [1.807, 2.05) is 34.6 Å². The number of hydrogen-bond acceptors (Lipinski definition) is 3. The van der Waals surface area contributed by atoms with Crippen molar-refractivity contribution in [2.45, 2.75) is 53.8 Å². The van der Waals surface area contributed by atoms with Gasteiger partial charge in [-0.15, -0.1) is 0 Å². The summed E-state index contributed by atoms with van der Waals surface area (Å²) in [5, 5.41) is 9.53. The van der Waals surface area contributed by atoms with Crippen LogP contribution in [0.25, 0.3) is 0 Å². The molecule has 0 heterocycles. The lowest BCUT2D eigenvalue weighted by atomic mass is 9.96. The molecule has 0 radical (unpaired) electrons. The van der Waals surface area contributed by atoms with Gasteiger partial charge in [0.05, 0.1) is 5.92 Å². The molecule has 14 heavy (non-hydrogen) atoms. The molecule has 3 heteroatoms. The highest BCUT2D eigenvalue weighted by Gasteiger charge is 2.27. The van der Waals surface area contributed by atoms with Gasteiger partial charge in [0.25, 0.3) is 0 Å². The first-order valence-corrected chi connectivity index (χ1v) is 5.17. The summed E-state index contributed by atoms with van der Waals surface area (Å²) in [6.07, 6.45) is 0.728. The summed E-state index contributed by atoms with van der Waals surface area (Å²) in [4.78, 5) is 11.4. The Labute approximate surface area is 86.5 Å². The second-order valence-corrected chi connectivity index (χ2v) is 4.84. The van der Waals surface area contributed by atoms with Gasteiger partial charge in [0.2, 0.25) is 6.29 Å². The van der Waals surface area contributed by atoms with E-state index in [0.29, 0.717) is 0 Å². The van der Waals surface area contributed by atoms with Crippen molar-refractivity contribution < 1.29 is 14.6 Å². The maximum Gasteiger partial charge on any atom is 0.310 e. The lowest BCUT2D eigenvalue weighted by molar-refractivity contribution is -0.190. The molecule has 1 N–H and O–H groups in total. The zero-order valence-corrected chi connectivity index (χ0v) is 9.83. The Hall–Kier alpha value is -0.570. The third-order valence-electron chi connectivity index (χ3n) is 2.09. The summed E-state index contributed by atoms with van der Waals surface area (Å²) in [6, 6.07) is 0. The summed E-state index contributed by atoms with van der Waals surface area (Å²) in [5.41, 5.74) is -0.415. The van der Waals surface area contributed by atoms with Crippen LogP contribution >= 0.6 is 0 Å². The molecule has 0 bridgehead atoms. The summed E-state index contributed by atoms with van der Waals surface area (Å²) >= 11 is 0. The van der Waals surface area contributed by atoms with Crippen LogP contribution in [0.4, 0.5) is 0 Å². The first-order chi connectivity index (χ1) is 6.29. The molecule has 0 aromatic heterocycles. The fourth-order valence-electron chi connectivity index (χ4n) is 0.954. The lowest BCUT2D eigenvalue weighted by Crippen LogP contribution is -2.33. The summed E-state index contributed by atoms with van der Waals surface area (Å²) in [7, 11) is 0. The van der Waals surface area contributed by atoms with Gasteiger partial charge in [-0.05, 0) is 6.42 Å². The molecule has 0 aromatic rings. The second-order valence-electron chi connectivity index (χ2n) is 4.84. The van der Waals surface area contributed by atoms with Gasteiger partial charge in [-0.25, -0.2) is 0 Å². The molecule has 0 aliphatic carbocycles. The molecular formula is C11H22O3. The predicted molar refractivity (Wildman–Crippen MR) is 55.6 cm³/mol. The average molecular weight is 202 g/mol. The van der Waals surface area contributed by atoms with Crippen LogP contribution in [-0.4, -0.2) is 17.4 Å². The Morgan fingerprint density at radius 3 is 2.29 bits per heavy atom. The summed E-state index contributed by atoms with van der Waals surface area (Å²) < 4.78 is 4.95. The zero-order valence-electron chi connectivity index (χ0n) is 9.83. The fourth-order valence-corrected chi connectivity index (χ4v) is 0.954. The molecule has 0 rings (SSSR count). The van der Waals surface area contributed by atoms with E-state index in [4.69, 9.17) is 4.74 Å². The zero-order chi connectivity index (χ0) is 11.4. The molecule has 0 aliphatic rings. The van der Waals surface area contributed by atoms with Crippen LogP contribution in [-0.2, 0) is 9.53 Å². The van der Waals surface area contributed by atoms with E-state index in [1.165, 1.54) is 0 Å². The number of esters is 1. The van der Waals surface area contributed by atoms with Gasteiger partial charge < -0.3 is 9.84 Å². The number of hydrogen-bond donors (Lipinski definition) is 1. The fraction of sp³-hybridized carbons (Fsp3) is 0.909. The number of ether oxygens (including phenoxy) is 1. The van der Waals surface area contributed by atoms with Crippen molar-refractivity contribution >= 4 is 5.97 Å². The van der Waals surface area contributed by atoms with Crippen LogP contribution < -0.4 is 0 Å². The molecule has 3 nitrogen and oxygen atoms in total. The molecule has 2 unspecified atom stereocenters. The SMILES string of the molecule is CCCC(C)C(=O)OC(O)C(C)(C)C. The molecule has 0 fully saturated rings.